The number of hydrogen-bond donors (Lipinski definition) is 2. The highest BCUT2D eigenvalue weighted by Gasteiger charge is 2.22. The molecular formula is C60H46N8. The first kappa shape index (κ1) is 41.3. The highest BCUT2D eigenvalue weighted by molar-refractivity contribution is 6.17. The van der Waals surface area contributed by atoms with E-state index in [-0.39, 0.29) is 0 Å². The van der Waals surface area contributed by atoms with E-state index in [1.54, 1.807) is 0 Å². The summed E-state index contributed by atoms with van der Waals surface area (Å²) in [7, 11) is 0. The Kier molecular flexibility index (Phi) is 11.1. The maximum absolute atomic E-state index is 6.85. The largest absolute Gasteiger partial charge is 0.396 e. The summed E-state index contributed by atoms with van der Waals surface area (Å²) in [6, 6.07) is 87.4. The second kappa shape index (κ2) is 18.2. The fourth-order valence-electron chi connectivity index (χ4n) is 8.92. The molecule has 8 nitrogen and oxygen atoms in total. The molecule has 326 valence electrons. The molecule has 0 aliphatic carbocycles. The maximum atomic E-state index is 6.85. The summed E-state index contributed by atoms with van der Waals surface area (Å²) in [5, 5.41) is 1.45. The summed E-state index contributed by atoms with van der Waals surface area (Å²) in [6.45, 7) is 0. The van der Waals surface area contributed by atoms with Gasteiger partial charge < -0.3 is 21.3 Å². The molecule has 0 spiro atoms. The summed E-state index contributed by atoms with van der Waals surface area (Å²) >= 11 is 0. The molecule has 11 aromatic rings. The lowest BCUT2D eigenvalue weighted by molar-refractivity contribution is 1.19. The van der Waals surface area contributed by atoms with E-state index in [2.05, 4.69) is 189 Å². The predicted octanol–water partition coefficient (Wildman–Crippen LogP) is 15.8. The van der Waals surface area contributed by atoms with Crippen molar-refractivity contribution >= 4 is 102 Å². The lowest BCUT2D eigenvalue weighted by atomic mass is 10.1. The third-order valence-corrected chi connectivity index (χ3v) is 12.1. The molecule has 0 radical (unpaired) electrons. The third-order valence-electron chi connectivity index (χ3n) is 12.1. The van der Waals surface area contributed by atoms with E-state index in [1.807, 2.05) is 84.9 Å². The Balaban J connectivity index is 1.02. The van der Waals surface area contributed by atoms with Crippen molar-refractivity contribution in [2.24, 2.45) is 0 Å². The van der Waals surface area contributed by atoms with Crippen LogP contribution >= 0.6 is 0 Å². The van der Waals surface area contributed by atoms with Gasteiger partial charge in [-0.25, -0.2) is 9.97 Å². The van der Waals surface area contributed by atoms with Gasteiger partial charge >= 0.3 is 0 Å². The summed E-state index contributed by atoms with van der Waals surface area (Å²) in [5.41, 5.74) is 26.0. The molecule has 11 rings (SSSR count). The van der Waals surface area contributed by atoms with Crippen LogP contribution in [0.1, 0.15) is 0 Å². The fourth-order valence-corrected chi connectivity index (χ4v) is 8.92. The average molecular weight is 879 g/mol. The van der Waals surface area contributed by atoms with E-state index in [0.29, 0.717) is 34.0 Å². The third kappa shape index (κ3) is 7.92. The van der Waals surface area contributed by atoms with Crippen molar-refractivity contribution in [3.8, 4) is 0 Å². The van der Waals surface area contributed by atoms with Crippen LogP contribution in [0.3, 0.4) is 0 Å². The molecule has 8 heteroatoms. The van der Waals surface area contributed by atoms with Gasteiger partial charge in [0, 0.05) is 67.6 Å². The van der Waals surface area contributed by atoms with E-state index in [4.69, 9.17) is 21.4 Å². The van der Waals surface area contributed by atoms with Crippen LogP contribution in [0.2, 0.25) is 0 Å². The topological polar surface area (TPSA) is 90.8 Å². The molecule has 0 amide bonds. The zero-order valence-electron chi connectivity index (χ0n) is 37.1. The molecule has 68 heavy (non-hydrogen) atoms. The van der Waals surface area contributed by atoms with Gasteiger partial charge in [0.1, 0.15) is 22.7 Å². The number of para-hydroxylation sites is 6. The van der Waals surface area contributed by atoms with Crippen LogP contribution in [0.4, 0.5) is 79.9 Å². The number of nitrogens with two attached hydrogens (primary N) is 2. The van der Waals surface area contributed by atoms with Crippen LogP contribution in [0.25, 0.3) is 21.8 Å². The van der Waals surface area contributed by atoms with Gasteiger partial charge in [-0.05, 0) is 146 Å². The van der Waals surface area contributed by atoms with Gasteiger partial charge in [-0.1, -0.05) is 109 Å². The highest BCUT2D eigenvalue weighted by atomic mass is 15.2. The monoisotopic (exact) mass is 878 g/mol. The molecule has 0 saturated heterocycles. The molecule has 0 aliphatic rings. The van der Waals surface area contributed by atoms with Gasteiger partial charge in [0.15, 0.2) is 0 Å². The molecule has 0 unspecified atom stereocenters. The van der Waals surface area contributed by atoms with E-state index in [9.17, 15) is 0 Å². The molecule has 0 atom stereocenters. The Morgan fingerprint density at radius 3 is 0.676 bits per heavy atom. The zero-order valence-corrected chi connectivity index (χ0v) is 37.1. The Hall–Kier alpha value is -9.40. The molecular weight excluding hydrogens is 833 g/mol. The van der Waals surface area contributed by atoms with Crippen LogP contribution in [0, 0.1) is 0 Å². The molecule has 2 aromatic heterocycles. The quantitative estimate of drug-likeness (QED) is 0.0712. The predicted molar refractivity (Wildman–Crippen MR) is 285 cm³/mol. The number of pyridine rings is 2. The Morgan fingerprint density at radius 2 is 0.426 bits per heavy atom. The van der Waals surface area contributed by atoms with Gasteiger partial charge in [-0.2, -0.15) is 0 Å². The molecule has 0 aliphatic heterocycles. The minimum atomic E-state index is 0.468. The first-order chi connectivity index (χ1) is 33.6. The van der Waals surface area contributed by atoms with Crippen LogP contribution < -0.4 is 31.1 Å². The lowest BCUT2D eigenvalue weighted by Gasteiger charge is -2.28. The van der Waals surface area contributed by atoms with Gasteiger partial charge in [0.2, 0.25) is 0 Å². The van der Waals surface area contributed by atoms with Gasteiger partial charge in [0.25, 0.3) is 0 Å². The summed E-state index contributed by atoms with van der Waals surface area (Å²) < 4.78 is 0. The van der Waals surface area contributed by atoms with E-state index in [0.717, 1.165) is 67.6 Å². The highest BCUT2D eigenvalue weighted by Crippen LogP contribution is 2.44. The second-order valence-electron chi connectivity index (χ2n) is 16.3. The number of aromatic nitrogens is 2. The van der Waals surface area contributed by atoms with E-state index < -0.39 is 0 Å². The number of benzene rings is 9. The number of nitrogens with zero attached hydrogens (tertiary/aromatic N) is 6. The standard InChI is InChI=1S/C60H46N8/c61-57-53-39-41-55(67(47-27-15-5-16-28-47)51-35-31-49(32-36-51)65(43-19-7-1-8-20-43)44-21-9-2-10-22-44)63-59(53)60-54(58(57)62)40-42-56(64-60)68(48-29-17-6-18-30-48)52-37-33-50(34-38-52)66(45-23-11-3-12-24-45)46-25-13-4-14-26-46/h1-42H,61-62H2. The van der Waals surface area contributed by atoms with Crippen LogP contribution in [0.5, 0.6) is 0 Å². The zero-order chi connectivity index (χ0) is 45.8. The Bertz CT molecular complexity index is 3140. The number of nitrogen functional groups attached to an aromatic ring is 2. The molecule has 9 aromatic carbocycles. The van der Waals surface area contributed by atoms with Crippen molar-refractivity contribution in [3.63, 3.8) is 0 Å². The Morgan fingerprint density at radius 1 is 0.221 bits per heavy atom. The molecule has 0 saturated carbocycles. The van der Waals surface area contributed by atoms with Crippen molar-refractivity contribution in [2.75, 3.05) is 31.1 Å². The number of fused-ring (bicyclic) bond motifs is 3. The minimum Gasteiger partial charge on any atom is -0.396 e. The fraction of sp³-hybridized carbons (Fsp3) is 0. The minimum absolute atomic E-state index is 0.468. The smallest absolute Gasteiger partial charge is 0.138 e. The van der Waals surface area contributed by atoms with E-state index >= 15 is 0 Å². The molecule has 0 bridgehead atoms. The number of anilines is 14. The summed E-state index contributed by atoms with van der Waals surface area (Å²) in [5.74, 6) is 1.41. The van der Waals surface area contributed by atoms with Gasteiger partial charge in [-0.15, -0.1) is 0 Å². The summed E-state index contributed by atoms with van der Waals surface area (Å²) in [6.07, 6.45) is 0. The average Bonchev–Trinajstić information content (AvgIpc) is 3.41. The van der Waals surface area contributed by atoms with Gasteiger partial charge in [-0.3, -0.25) is 9.80 Å². The normalized spacial score (nSPS) is 11.1. The van der Waals surface area contributed by atoms with Crippen LogP contribution in [0.15, 0.2) is 255 Å². The first-order valence-electron chi connectivity index (χ1n) is 22.6. The van der Waals surface area contributed by atoms with Crippen molar-refractivity contribution < 1.29 is 0 Å². The summed E-state index contributed by atoms with van der Waals surface area (Å²) in [4.78, 5) is 19.7. The van der Waals surface area contributed by atoms with Crippen LogP contribution in [-0.4, -0.2) is 9.97 Å². The van der Waals surface area contributed by atoms with Crippen molar-refractivity contribution in [1.82, 2.24) is 9.97 Å². The van der Waals surface area contributed by atoms with Crippen molar-refractivity contribution in [2.45, 2.75) is 0 Å². The number of hydrogen-bond acceptors (Lipinski definition) is 8. The number of rotatable bonds is 12. The van der Waals surface area contributed by atoms with Crippen LogP contribution in [-0.2, 0) is 0 Å². The molecule has 4 N–H and O–H groups in total. The van der Waals surface area contributed by atoms with Gasteiger partial charge in [0.05, 0.1) is 11.4 Å². The van der Waals surface area contributed by atoms with Crippen molar-refractivity contribution in [3.05, 3.63) is 255 Å². The van der Waals surface area contributed by atoms with Crippen molar-refractivity contribution in [1.29, 1.82) is 0 Å². The second-order valence-corrected chi connectivity index (χ2v) is 16.3. The van der Waals surface area contributed by atoms with E-state index in [1.165, 1.54) is 0 Å². The SMILES string of the molecule is Nc1c(N)c2ccc(N(c3ccccc3)c3ccc(N(c4ccccc4)c4ccccc4)cc3)nc2c2nc(N(c3ccccc3)c3ccc(N(c4ccccc4)c4ccccc4)cc3)ccc12. The first-order valence-corrected chi connectivity index (χ1v) is 22.6. The lowest BCUT2D eigenvalue weighted by Crippen LogP contribution is -2.14. The Labute approximate surface area is 395 Å². The maximum Gasteiger partial charge on any atom is 0.138 e. The molecule has 0 fully saturated rings. The molecule has 2 heterocycles.